The molecule has 0 amide bonds. The Labute approximate surface area is 119 Å². The molecule has 1 rings (SSSR count). The third kappa shape index (κ3) is 5.80. The van der Waals surface area contributed by atoms with Crippen molar-refractivity contribution in [2.24, 2.45) is 5.41 Å². The van der Waals surface area contributed by atoms with Crippen LogP contribution in [-0.2, 0) is 0 Å². The molecular weight excluding hydrogens is 236 g/mol. The van der Waals surface area contributed by atoms with Crippen molar-refractivity contribution >= 4 is 0 Å². The van der Waals surface area contributed by atoms with E-state index in [1.54, 1.807) is 0 Å². The van der Waals surface area contributed by atoms with Gasteiger partial charge in [-0.2, -0.15) is 0 Å². The Balaban J connectivity index is 2.55. The summed E-state index contributed by atoms with van der Waals surface area (Å²) in [5.74, 6) is 0. The molecule has 1 unspecified atom stereocenters. The molecule has 3 heteroatoms. The number of hydrogen-bond acceptors (Lipinski definition) is 3. The SMILES string of the molecule is CCC(C)(CNC(C)(C)C)CN(CCO)C1CCC1. The number of nitrogens with one attached hydrogen (secondary N) is 1. The molecule has 0 heterocycles. The number of aliphatic hydroxyl groups excluding tert-OH is 1. The summed E-state index contributed by atoms with van der Waals surface area (Å²) in [4.78, 5) is 2.51. The molecule has 0 aromatic heterocycles. The van der Waals surface area contributed by atoms with E-state index >= 15 is 0 Å². The average molecular weight is 270 g/mol. The largest absolute Gasteiger partial charge is 0.395 e. The summed E-state index contributed by atoms with van der Waals surface area (Å²) >= 11 is 0. The lowest BCUT2D eigenvalue weighted by atomic mass is 9.83. The van der Waals surface area contributed by atoms with E-state index in [1.807, 2.05) is 0 Å². The van der Waals surface area contributed by atoms with Crippen molar-refractivity contribution in [1.29, 1.82) is 0 Å². The lowest BCUT2D eigenvalue weighted by Crippen LogP contribution is -2.51. The molecule has 0 bridgehead atoms. The lowest BCUT2D eigenvalue weighted by Gasteiger charge is -2.43. The van der Waals surface area contributed by atoms with Crippen molar-refractivity contribution in [2.75, 3.05) is 26.2 Å². The zero-order valence-electron chi connectivity index (χ0n) is 13.6. The number of rotatable bonds is 8. The summed E-state index contributed by atoms with van der Waals surface area (Å²) in [5, 5.41) is 12.9. The Morgan fingerprint density at radius 1 is 1.21 bits per heavy atom. The Morgan fingerprint density at radius 2 is 1.84 bits per heavy atom. The summed E-state index contributed by atoms with van der Waals surface area (Å²) in [6.07, 6.45) is 5.15. The first-order valence-corrected chi connectivity index (χ1v) is 7.89. The van der Waals surface area contributed by atoms with Crippen LogP contribution >= 0.6 is 0 Å². The van der Waals surface area contributed by atoms with Crippen LogP contribution in [0.4, 0.5) is 0 Å². The number of aliphatic hydroxyl groups is 1. The van der Waals surface area contributed by atoms with Crippen molar-refractivity contribution in [1.82, 2.24) is 10.2 Å². The third-order valence-corrected chi connectivity index (χ3v) is 4.46. The Bertz CT molecular complexity index is 258. The molecule has 114 valence electrons. The summed E-state index contributed by atoms with van der Waals surface area (Å²) in [6, 6.07) is 0.715. The molecule has 0 spiro atoms. The smallest absolute Gasteiger partial charge is 0.0558 e. The molecule has 1 atom stereocenters. The first kappa shape index (κ1) is 16.9. The van der Waals surface area contributed by atoms with Gasteiger partial charge in [-0.15, -0.1) is 0 Å². The topological polar surface area (TPSA) is 35.5 Å². The normalized spacial score (nSPS) is 20.4. The zero-order valence-corrected chi connectivity index (χ0v) is 13.6. The fraction of sp³-hybridized carbons (Fsp3) is 1.00. The minimum atomic E-state index is 0.175. The second-order valence-corrected chi connectivity index (χ2v) is 7.55. The molecule has 3 nitrogen and oxygen atoms in total. The maximum atomic E-state index is 9.28. The molecule has 1 fully saturated rings. The van der Waals surface area contributed by atoms with Gasteiger partial charge < -0.3 is 10.4 Å². The molecule has 0 aromatic rings. The number of hydrogen-bond donors (Lipinski definition) is 2. The molecular formula is C16H34N2O. The van der Waals surface area contributed by atoms with E-state index in [1.165, 1.54) is 25.7 Å². The highest BCUT2D eigenvalue weighted by Gasteiger charge is 2.32. The Morgan fingerprint density at radius 3 is 2.21 bits per heavy atom. The van der Waals surface area contributed by atoms with Crippen LogP contribution in [0.3, 0.4) is 0 Å². The van der Waals surface area contributed by atoms with Gasteiger partial charge in [-0.05, 0) is 45.4 Å². The second kappa shape index (κ2) is 7.05. The highest BCUT2D eigenvalue weighted by molar-refractivity contribution is 4.88. The van der Waals surface area contributed by atoms with E-state index in [0.29, 0.717) is 6.04 Å². The van der Waals surface area contributed by atoms with Gasteiger partial charge in [0, 0.05) is 31.2 Å². The summed E-state index contributed by atoms with van der Waals surface area (Å²) in [5.41, 5.74) is 0.465. The maximum absolute atomic E-state index is 9.28. The predicted octanol–water partition coefficient (Wildman–Crippen LogP) is 2.64. The molecule has 19 heavy (non-hydrogen) atoms. The van der Waals surface area contributed by atoms with Gasteiger partial charge in [0.05, 0.1) is 6.61 Å². The summed E-state index contributed by atoms with van der Waals surface area (Å²) in [6.45, 7) is 14.6. The van der Waals surface area contributed by atoms with Crippen LogP contribution in [0.5, 0.6) is 0 Å². The average Bonchev–Trinajstić information content (AvgIpc) is 2.23. The van der Waals surface area contributed by atoms with Crippen LogP contribution in [0.15, 0.2) is 0 Å². The highest BCUT2D eigenvalue weighted by atomic mass is 16.3. The maximum Gasteiger partial charge on any atom is 0.0558 e. The minimum absolute atomic E-state index is 0.175. The molecule has 1 aliphatic rings. The fourth-order valence-corrected chi connectivity index (χ4v) is 2.53. The fourth-order valence-electron chi connectivity index (χ4n) is 2.53. The van der Waals surface area contributed by atoms with Crippen LogP contribution in [0, 0.1) is 5.41 Å². The van der Waals surface area contributed by atoms with Crippen molar-refractivity contribution in [3.63, 3.8) is 0 Å². The lowest BCUT2D eigenvalue weighted by molar-refractivity contribution is 0.0544. The van der Waals surface area contributed by atoms with Crippen molar-refractivity contribution in [3.8, 4) is 0 Å². The molecule has 0 aliphatic heterocycles. The van der Waals surface area contributed by atoms with Crippen LogP contribution < -0.4 is 5.32 Å². The third-order valence-electron chi connectivity index (χ3n) is 4.46. The predicted molar refractivity (Wildman–Crippen MR) is 82.5 cm³/mol. The van der Waals surface area contributed by atoms with E-state index in [2.05, 4.69) is 44.8 Å². The molecule has 1 aliphatic carbocycles. The zero-order chi connectivity index (χ0) is 14.5. The highest BCUT2D eigenvalue weighted by Crippen LogP contribution is 2.30. The van der Waals surface area contributed by atoms with Gasteiger partial charge in [0.2, 0.25) is 0 Å². The van der Waals surface area contributed by atoms with Gasteiger partial charge in [0.15, 0.2) is 0 Å². The molecule has 2 N–H and O–H groups in total. The van der Waals surface area contributed by atoms with Gasteiger partial charge in [-0.25, -0.2) is 0 Å². The molecule has 0 radical (unpaired) electrons. The minimum Gasteiger partial charge on any atom is -0.395 e. The summed E-state index contributed by atoms with van der Waals surface area (Å²) in [7, 11) is 0. The Hall–Kier alpha value is -0.120. The first-order valence-electron chi connectivity index (χ1n) is 7.89. The van der Waals surface area contributed by atoms with Crippen molar-refractivity contribution in [3.05, 3.63) is 0 Å². The van der Waals surface area contributed by atoms with E-state index in [0.717, 1.165) is 19.6 Å². The van der Waals surface area contributed by atoms with Crippen LogP contribution in [-0.4, -0.2) is 47.8 Å². The van der Waals surface area contributed by atoms with Gasteiger partial charge in [0.1, 0.15) is 0 Å². The van der Waals surface area contributed by atoms with E-state index in [-0.39, 0.29) is 17.6 Å². The van der Waals surface area contributed by atoms with E-state index in [4.69, 9.17) is 0 Å². The van der Waals surface area contributed by atoms with Crippen molar-refractivity contribution < 1.29 is 5.11 Å². The van der Waals surface area contributed by atoms with Crippen LogP contribution in [0.25, 0.3) is 0 Å². The Kier molecular flexibility index (Phi) is 6.28. The summed E-state index contributed by atoms with van der Waals surface area (Å²) < 4.78 is 0. The number of nitrogens with zero attached hydrogens (tertiary/aromatic N) is 1. The van der Waals surface area contributed by atoms with Crippen LogP contribution in [0.1, 0.15) is 60.3 Å². The standard InChI is InChI=1S/C16H34N2O/c1-6-16(5,12-17-15(2,3)4)13-18(10-11-19)14-8-7-9-14/h14,17,19H,6-13H2,1-5H3. The first-order chi connectivity index (χ1) is 8.79. The molecule has 0 aromatic carbocycles. The van der Waals surface area contributed by atoms with E-state index < -0.39 is 0 Å². The molecule has 1 saturated carbocycles. The van der Waals surface area contributed by atoms with Gasteiger partial charge in [-0.1, -0.05) is 20.3 Å². The van der Waals surface area contributed by atoms with Gasteiger partial charge >= 0.3 is 0 Å². The van der Waals surface area contributed by atoms with Crippen molar-refractivity contribution in [2.45, 2.75) is 71.9 Å². The quantitative estimate of drug-likeness (QED) is 0.712. The van der Waals surface area contributed by atoms with Gasteiger partial charge in [0.25, 0.3) is 0 Å². The monoisotopic (exact) mass is 270 g/mol. The van der Waals surface area contributed by atoms with E-state index in [9.17, 15) is 5.11 Å². The molecule has 0 saturated heterocycles. The second-order valence-electron chi connectivity index (χ2n) is 7.55. The van der Waals surface area contributed by atoms with Crippen LogP contribution in [0.2, 0.25) is 0 Å². The van der Waals surface area contributed by atoms with Gasteiger partial charge in [-0.3, -0.25) is 4.90 Å².